The van der Waals surface area contributed by atoms with Crippen LogP contribution in [0.3, 0.4) is 0 Å². The Morgan fingerprint density at radius 2 is 1.42 bits per heavy atom. The van der Waals surface area contributed by atoms with E-state index in [0.717, 1.165) is 6.33 Å². The average molecular weight is 423 g/mol. The van der Waals surface area contributed by atoms with Crippen LogP contribution in [0.4, 0.5) is 10.3 Å². The van der Waals surface area contributed by atoms with E-state index in [2.05, 4.69) is 15.0 Å². The smallest absolute Gasteiger partial charge is 0.313 e. The molecule has 1 aromatic rings. The minimum Gasteiger partial charge on any atom is -0.339 e. The fourth-order valence-electron chi connectivity index (χ4n) is 1.67. The molecule has 0 aromatic carbocycles. The maximum Gasteiger partial charge on any atom is 0.313 e. The predicted octanol–water partition coefficient (Wildman–Crippen LogP) is 0.124. The molecule has 0 aliphatic carbocycles. The van der Waals surface area contributed by atoms with Crippen LogP contribution in [-0.4, -0.2) is 79.6 Å². The van der Waals surface area contributed by atoms with E-state index in [1.165, 1.54) is 4.90 Å². The Kier molecular flexibility index (Phi) is 8.54. The van der Waals surface area contributed by atoms with Gasteiger partial charge in [-0.2, -0.15) is 14.4 Å². The first-order valence-corrected chi connectivity index (χ1v) is 11.5. The molecule has 0 unspecified atom stereocenters. The molecule has 13 heteroatoms. The molecule has 0 amide bonds. The summed E-state index contributed by atoms with van der Waals surface area (Å²) in [6.45, 7) is -0.196. The highest BCUT2D eigenvalue weighted by Gasteiger charge is 2.19. The minimum atomic E-state index is -3.42. The number of nitrogens with zero attached hydrogens (tertiary/aromatic N) is 4. The molecular weight excluding hydrogens is 406 g/mol. The molecule has 0 radical (unpaired) electrons. The molecule has 0 spiro atoms. The van der Waals surface area contributed by atoms with Crippen molar-refractivity contribution in [3.05, 3.63) is 12.4 Å². The number of hydrogen-bond acceptors (Lipinski definition) is 8. The normalized spacial score (nSPS) is 12.3. The number of rotatable bonds is 11. The van der Waals surface area contributed by atoms with Gasteiger partial charge in [0.1, 0.15) is 6.33 Å². The molecule has 24 heavy (non-hydrogen) atoms. The summed E-state index contributed by atoms with van der Waals surface area (Å²) in [6.07, 6.45) is -0.122. The summed E-state index contributed by atoms with van der Waals surface area (Å²) in [4.78, 5) is 11.7. The van der Waals surface area contributed by atoms with Gasteiger partial charge in [-0.25, -0.2) is 21.8 Å². The SMILES string of the molecule is O=S(=O)(CCCl)CCN(CCS(=O)(=O)CCCl)c1ncnc(F)n1. The van der Waals surface area contributed by atoms with Crippen LogP contribution in [0.15, 0.2) is 6.33 Å². The van der Waals surface area contributed by atoms with E-state index >= 15 is 0 Å². The van der Waals surface area contributed by atoms with Crippen LogP contribution in [0, 0.1) is 6.08 Å². The number of anilines is 1. The molecule has 1 aromatic heterocycles. The molecule has 0 saturated carbocycles. The van der Waals surface area contributed by atoms with Crippen LogP contribution in [0.1, 0.15) is 0 Å². The second-order valence-corrected chi connectivity index (χ2v) is 10.1. The van der Waals surface area contributed by atoms with E-state index in [1.54, 1.807) is 0 Å². The van der Waals surface area contributed by atoms with Gasteiger partial charge in [0.25, 0.3) is 0 Å². The Bertz CT molecular complexity index is 693. The number of aromatic nitrogens is 3. The van der Waals surface area contributed by atoms with Crippen molar-refractivity contribution in [3.8, 4) is 0 Å². The Morgan fingerprint density at radius 1 is 0.917 bits per heavy atom. The minimum absolute atomic E-state index is 0.0488. The molecule has 1 heterocycles. The predicted molar refractivity (Wildman–Crippen MR) is 90.7 cm³/mol. The van der Waals surface area contributed by atoms with Crippen molar-refractivity contribution in [1.82, 2.24) is 15.0 Å². The molecular formula is C11H17Cl2FN4O4S2. The van der Waals surface area contributed by atoms with E-state index in [0.29, 0.717) is 0 Å². The van der Waals surface area contributed by atoms with Gasteiger partial charge < -0.3 is 4.90 Å². The lowest BCUT2D eigenvalue weighted by molar-refractivity contribution is 0.529. The monoisotopic (exact) mass is 422 g/mol. The maximum atomic E-state index is 13.2. The van der Waals surface area contributed by atoms with Gasteiger partial charge in [-0.05, 0) is 0 Å². The second-order valence-electron chi connectivity index (χ2n) is 4.72. The Labute approximate surface area is 150 Å². The summed E-state index contributed by atoms with van der Waals surface area (Å²) >= 11 is 10.9. The quantitative estimate of drug-likeness (QED) is 0.462. The van der Waals surface area contributed by atoms with Crippen molar-refractivity contribution in [2.75, 3.05) is 52.8 Å². The molecule has 8 nitrogen and oxygen atoms in total. The lowest BCUT2D eigenvalue weighted by Gasteiger charge is -2.22. The first-order valence-electron chi connectivity index (χ1n) is 6.81. The topological polar surface area (TPSA) is 110 Å². The first kappa shape index (κ1) is 21.3. The van der Waals surface area contributed by atoms with Crippen LogP contribution < -0.4 is 4.90 Å². The zero-order chi connectivity index (χ0) is 18.2. The van der Waals surface area contributed by atoms with Crippen molar-refractivity contribution >= 4 is 48.8 Å². The van der Waals surface area contributed by atoms with E-state index < -0.39 is 25.8 Å². The van der Waals surface area contributed by atoms with E-state index in [-0.39, 0.29) is 53.8 Å². The van der Waals surface area contributed by atoms with E-state index in [1.807, 2.05) is 0 Å². The second kappa shape index (κ2) is 9.64. The molecule has 0 saturated heterocycles. The van der Waals surface area contributed by atoms with E-state index in [4.69, 9.17) is 23.2 Å². The van der Waals surface area contributed by atoms with Gasteiger partial charge in [0.15, 0.2) is 19.7 Å². The van der Waals surface area contributed by atoms with Crippen LogP contribution >= 0.6 is 23.2 Å². The van der Waals surface area contributed by atoms with Gasteiger partial charge >= 0.3 is 6.08 Å². The highest BCUT2D eigenvalue weighted by molar-refractivity contribution is 7.91. The summed E-state index contributed by atoms with van der Waals surface area (Å²) in [5, 5.41) is 0. The number of hydrogen-bond donors (Lipinski definition) is 0. The summed E-state index contributed by atoms with van der Waals surface area (Å²) in [5.41, 5.74) is 0. The van der Waals surface area contributed by atoms with Crippen LogP contribution in [0.2, 0.25) is 0 Å². The molecule has 1 rings (SSSR count). The molecule has 0 bridgehead atoms. The van der Waals surface area contributed by atoms with Crippen LogP contribution in [-0.2, 0) is 19.7 Å². The third kappa shape index (κ3) is 7.86. The average Bonchev–Trinajstić information content (AvgIpc) is 2.47. The standard InChI is InChI=1S/C11H17Cl2FN4O4S2/c12-1-5-23(19,20)7-3-18(4-8-24(21,22)6-2-13)11-16-9-15-10(14)17-11/h9H,1-8H2. The van der Waals surface area contributed by atoms with E-state index in [9.17, 15) is 21.2 Å². The van der Waals surface area contributed by atoms with Gasteiger partial charge in [-0.1, -0.05) is 0 Å². The molecule has 0 aliphatic rings. The van der Waals surface area contributed by atoms with Crippen molar-refractivity contribution in [3.63, 3.8) is 0 Å². The van der Waals surface area contributed by atoms with Gasteiger partial charge in [0.2, 0.25) is 5.95 Å². The highest BCUT2D eigenvalue weighted by Crippen LogP contribution is 2.08. The molecule has 138 valence electrons. The lowest BCUT2D eigenvalue weighted by Crippen LogP contribution is -2.36. The fraction of sp³-hybridized carbons (Fsp3) is 0.727. The summed E-state index contributed by atoms with van der Waals surface area (Å²) < 4.78 is 60.2. The summed E-state index contributed by atoms with van der Waals surface area (Å²) in [7, 11) is -6.84. The Morgan fingerprint density at radius 3 is 1.83 bits per heavy atom. The molecule has 0 atom stereocenters. The van der Waals surface area contributed by atoms with Crippen molar-refractivity contribution in [2.45, 2.75) is 0 Å². The first-order chi connectivity index (χ1) is 11.2. The molecule has 0 aliphatic heterocycles. The third-order valence-electron chi connectivity index (χ3n) is 2.93. The van der Waals surface area contributed by atoms with Crippen molar-refractivity contribution < 1.29 is 21.2 Å². The molecule has 0 N–H and O–H groups in total. The number of halogens is 3. The zero-order valence-electron chi connectivity index (χ0n) is 12.6. The number of alkyl halides is 2. The zero-order valence-corrected chi connectivity index (χ0v) is 15.8. The van der Waals surface area contributed by atoms with Gasteiger partial charge in [0, 0.05) is 24.8 Å². The van der Waals surface area contributed by atoms with Crippen LogP contribution in [0.5, 0.6) is 0 Å². The van der Waals surface area contributed by atoms with Gasteiger partial charge in [-0.3, -0.25) is 0 Å². The Balaban J connectivity index is 2.88. The lowest BCUT2D eigenvalue weighted by atomic mass is 10.5. The summed E-state index contributed by atoms with van der Waals surface area (Å²) in [6, 6.07) is 0. The third-order valence-corrected chi connectivity index (χ3v) is 7.02. The maximum absolute atomic E-state index is 13.2. The fourth-order valence-corrected chi connectivity index (χ4v) is 4.96. The van der Waals surface area contributed by atoms with Crippen molar-refractivity contribution in [1.29, 1.82) is 0 Å². The van der Waals surface area contributed by atoms with Crippen LogP contribution in [0.25, 0.3) is 0 Å². The van der Waals surface area contributed by atoms with Gasteiger partial charge in [0.05, 0.1) is 23.0 Å². The highest BCUT2D eigenvalue weighted by atomic mass is 35.5. The van der Waals surface area contributed by atoms with Gasteiger partial charge in [-0.15, -0.1) is 23.2 Å². The largest absolute Gasteiger partial charge is 0.339 e. The number of sulfone groups is 2. The van der Waals surface area contributed by atoms with Crippen molar-refractivity contribution in [2.24, 2.45) is 0 Å². The summed E-state index contributed by atoms with van der Waals surface area (Å²) in [5.74, 6) is -1.23. The Hall–Kier alpha value is -0.780. The molecule has 0 fully saturated rings.